The van der Waals surface area contributed by atoms with E-state index in [-0.39, 0.29) is 5.91 Å². The third kappa shape index (κ3) is 4.29. The van der Waals surface area contributed by atoms with E-state index in [9.17, 15) is 9.90 Å². The molecule has 0 bridgehead atoms. The number of carbonyl (C=O) groups is 1. The quantitative estimate of drug-likeness (QED) is 0.741. The molecule has 0 fully saturated rings. The average molecular weight is 348 g/mol. The number of aromatic nitrogens is 3. The average Bonchev–Trinajstić information content (AvgIpc) is 2.72. The summed E-state index contributed by atoms with van der Waals surface area (Å²) in [5.41, 5.74) is 2.11. The van der Waals surface area contributed by atoms with Crippen LogP contribution in [0.3, 0.4) is 0 Å². The van der Waals surface area contributed by atoms with Crippen molar-refractivity contribution < 1.29 is 9.90 Å². The van der Waals surface area contributed by atoms with Gasteiger partial charge in [0.1, 0.15) is 0 Å². The Labute approximate surface area is 152 Å². The van der Waals surface area contributed by atoms with Gasteiger partial charge in [0.15, 0.2) is 5.82 Å². The van der Waals surface area contributed by atoms with E-state index >= 15 is 0 Å². The minimum atomic E-state index is -0.600. The van der Waals surface area contributed by atoms with E-state index in [1.54, 1.807) is 24.3 Å². The summed E-state index contributed by atoms with van der Waals surface area (Å²) in [7, 11) is 1.71. The molecule has 1 amide bonds. The van der Waals surface area contributed by atoms with Gasteiger partial charge in [0.25, 0.3) is 5.91 Å². The fourth-order valence-corrected chi connectivity index (χ4v) is 2.57. The SMILES string of the molecule is CN(CC[C@H](O)c1ccccc1)C(=O)c1cnc(-c2ccncc2)nc1. The van der Waals surface area contributed by atoms with Crippen LogP contribution in [-0.2, 0) is 0 Å². The lowest BCUT2D eigenvalue weighted by Gasteiger charge is -2.19. The van der Waals surface area contributed by atoms with Crippen LogP contribution in [0.25, 0.3) is 11.4 Å². The standard InChI is InChI=1S/C20H20N4O2/c1-24(12-9-18(25)15-5-3-2-4-6-15)20(26)17-13-22-19(23-14-17)16-7-10-21-11-8-16/h2-8,10-11,13-14,18,25H,9,12H2,1H3/t18-/m0/s1. The topological polar surface area (TPSA) is 79.2 Å². The van der Waals surface area contributed by atoms with Gasteiger partial charge in [-0.2, -0.15) is 0 Å². The Kier molecular flexibility index (Phi) is 5.66. The first kappa shape index (κ1) is 17.7. The number of amides is 1. The molecule has 0 radical (unpaired) electrons. The predicted octanol–water partition coefficient (Wildman–Crippen LogP) is 2.73. The molecule has 1 N–H and O–H groups in total. The van der Waals surface area contributed by atoms with Crippen molar-refractivity contribution in [3.63, 3.8) is 0 Å². The van der Waals surface area contributed by atoms with E-state index in [2.05, 4.69) is 15.0 Å². The second kappa shape index (κ2) is 8.31. The van der Waals surface area contributed by atoms with Gasteiger partial charge in [-0.25, -0.2) is 9.97 Å². The number of pyridine rings is 1. The van der Waals surface area contributed by atoms with Crippen LogP contribution in [0, 0.1) is 0 Å². The number of benzene rings is 1. The Balaban J connectivity index is 1.60. The minimum Gasteiger partial charge on any atom is -0.388 e. The molecule has 0 aliphatic carbocycles. The molecule has 0 saturated carbocycles. The van der Waals surface area contributed by atoms with Crippen molar-refractivity contribution in [3.8, 4) is 11.4 Å². The zero-order valence-corrected chi connectivity index (χ0v) is 14.5. The van der Waals surface area contributed by atoms with Crippen LogP contribution in [0.1, 0.15) is 28.4 Å². The molecule has 6 nitrogen and oxygen atoms in total. The maximum atomic E-state index is 12.5. The van der Waals surface area contributed by atoms with Crippen molar-refractivity contribution in [2.24, 2.45) is 0 Å². The van der Waals surface area contributed by atoms with Crippen molar-refractivity contribution in [1.82, 2.24) is 19.9 Å². The fourth-order valence-electron chi connectivity index (χ4n) is 2.57. The Morgan fingerprint density at radius 3 is 2.38 bits per heavy atom. The Hall–Kier alpha value is -3.12. The van der Waals surface area contributed by atoms with Crippen molar-refractivity contribution in [3.05, 3.63) is 78.4 Å². The van der Waals surface area contributed by atoms with Gasteiger partial charge in [0.2, 0.25) is 0 Å². The molecule has 0 aliphatic rings. The fraction of sp³-hybridized carbons (Fsp3) is 0.200. The lowest BCUT2D eigenvalue weighted by Crippen LogP contribution is -2.29. The number of aliphatic hydroxyl groups excluding tert-OH is 1. The highest BCUT2D eigenvalue weighted by molar-refractivity contribution is 5.93. The van der Waals surface area contributed by atoms with Gasteiger partial charge in [-0.05, 0) is 24.1 Å². The summed E-state index contributed by atoms with van der Waals surface area (Å²) in [6.45, 7) is 0.432. The molecule has 3 rings (SSSR count). The molecule has 0 spiro atoms. The summed E-state index contributed by atoms with van der Waals surface area (Å²) in [5, 5.41) is 10.2. The second-order valence-corrected chi connectivity index (χ2v) is 5.97. The third-order valence-electron chi connectivity index (χ3n) is 4.11. The van der Waals surface area contributed by atoms with Crippen molar-refractivity contribution >= 4 is 5.91 Å². The zero-order chi connectivity index (χ0) is 18.4. The third-order valence-corrected chi connectivity index (χ3v) is 4.11. The molecule has 0 aliphatic heterocycles. The van der Waals surface area contributed by atoms with Gasteiger partial charge < -0.3 is 10.0 Å². The summed E-state index contributed by atoms with van der Waals surface area (Å²) >= 11 is 0. The van der Waals surface area contributed by atoms with Crippen LogP contribution in [0.5, 0.6) is 0 Å². The number of hydrogen-bond donors (Lipinski definition) is 1. The van der Waals surface area contributed by atoms with E-state index in [0.717, 1.165) is 11.1 Å². The van der Waals surface area contributed by atoms with Gasteiger partial charge in [-0.15, -0.1) is 0 Å². The van der Waals surface area contributed by atoms with Crippen LogP contribution in [0.4, 0.5) is 0 Å². The second-order valence-electron chi connectivity index (χ2n) is 5.97. The Morgan fingerprint density at radius 2 is 1.73 bits per heavy atom. The summed E-state index contributed by atoms with van der Waals surface area (Å²) in [4.78, 5) is 26.5. The zero-order valence-electron chi connectivity index (χ0n) is 14.5. The molecule has 6 heteroatoms. The molecule has 0 unspecified atom stereocenters. The lowest BCUT2D eigenvalue weighted by atomic mass is 10.1. The highest BCUT2D eigenvalue weighted by Gasteiger charge is 2.15. The maximum Gasteiger partial charge on any atom is 0.256 e. The van der Waals surface area contributed by atoms with Gasteiger partial charge >= 0.3 is 0 Å². The monoisotopic (exact) mass is 348 g/mol. The van der Waals surface area contributed by atoms with Crippen molar-refractivity contribution in [2.45, 2.75) is 12.5 Å². The first-order valence-corrected chi connectivity index (χ1v) is 8.36. The lowest BCUT2D eigenvalue weighted by molar-refractivity contribution is 0.0760. The molecule has 0 saturated heterocycles. The van der Waals surface area contributed by atoms with E-state index < -0.39 is 6.10 Å². The molecule has 26 heavy (non-hydrogen) atoms. The van der Waals surface area contributed by atoms with E-state index in [1.807, 2.05) is 42.5 Å². The van der Waals surface area contributed by atoms with E-state index in [0.29, 0.717) is 24.4 Å². The molecule has 1 aromatic carbocycles. The molecule has 2 aromatic heterocycles. The number of rotatable bonds is 6. The normalized spacial score (nSPS) is 11.8. The Bertz CT molecular complexity index is 839. The highest BCUT2D eigenvalue weighted by Crippen LogP contribution is 2.17. The number of hydrogen-bond acceptors (Lipinski definition) is 5. The smallest absolute Gasteiger partial charge is 0.256 e. The largest absolute Gasteiger partial charge is 0.388 e. The van der Waals surface area contributed by atoms with Crippen LogP contribution in [0.15, 0.2) is 67.3 Å². The first-order chi connectivity index (χ1) is 12.6. The van der Waals surface area contributed by atoms with Crippen molar-refractivity contribution in [2.75, 3.05) is 13.6 Å². The highest BCUT2D eigenvalue weighted by atomic mass is 16.3. The molecule has 132 valence electrons. The van der Waals surface area contributed by atoms with Crippen LogP contribution >= 0.6 is 0 Å². The molecular weight excluding hydrogens is 328 g/mol. The molecule has 2 heterocycles. The van der Waals surface area contributed by atoms with Gasteiger partial charge in [0.05, 0.1) is 11.7 Å². The molecule has 1 atom stereocenters. The maximum absolute atomic E-state index is 12.5. The number of nitrogens with zero attached hydrogens (tertiary/aromatic N) is 4. The number of carbonyl (C=O) groups excluding carboxylic acids is 1. The van der Waals surface area contributed by atoms with Crippen LogP contribution in [-0.4, -0.2) is 44.5 Å². The summed E-state index contributed by atoms with van der Waals surface area (Å²) in [6.07, 6.45) is 6.25. The van der Waals surface area contributed by atoms with E-state index in [1.165, 1.54) is 12.4 Å². The Morgan fingerprint density at radius 1 is 1.08 bits per heavy atom. The summed E-state index contributed by atoms with van der Waals surface area (Å²) in [5.74, 6) is 0.373. The van der Waals surface area contributed by atoms with Crippen LogP contribution < -0.4 is 0 Å². The summed E-state index contributed by atoms with van der Waals surface area (Å²) in [6, 6.07) is 13.0. The van der Waals surface area contributed by atoms with Crippen molar-refractivity contribution in [1.29, 1.82) is 0 Å². The molecule has 3 aromatic rings. The first-order valence-electron chi connectivity index (χ1n) is 8.36. The van der Waals surface area contributed by atoms with Crippen LogP contribution in [0.2, 0.25) is 0 Å². The number of aliphatic hydroxyl groups is 1. The molecular formula is C20H20N4O2. The summed E-state index contributed by atoms with van der Waals surface area (Å²) < 4.78 is 0. The minimum absolute atomic E-state index is 0.174. The van der Waals surface area contributed by atoms with E-state index in [4.69, 9.17) is 0 Å². The van der Waals surface area contributed by atoms with Gasteiger partial charge in [0, 0.05) is 43.9 Å². The predicted molar refractivity (Wildman–Crippen MR) is 98.2 cm³/mol. The van der Waals surface area contributed by atoms with Gasteiger partial charge in [-0.3, -0.25) is 9.78 Å². The van der Waals surface area contributed by atoms with Gasteiger partial charge in [-0.1, -0.05) is 30.3 Å².